The number of nitrogens with zero attached hydrogens (tertiary/aromatic N) is 3. The van der Waals surface area contributed by atoms with Crippen LogP contribution in [-0.4, -0.2) is 17.5 Å². The number of nitriles is 2. The van der Waals surface area contributed by atoms with Crippen molar-refractivity contribution in [1.29, 1.82) is 10.5 Å². The minimum atomic E-state index is -0.119. The zero-order valence-electron chi connectivity index (χ0n) is 12.5. The number of carbonyl (C=O) groups is 1. The van der Waals surface area contributed by atoms with Crippen molar-refractivity contribution in [3.8, 4) is 17.9 Å². The number of amides is 1. The first-order chi connectivity index (χ1) is 11.1. The number of ether oxygens (including phenoxy) is 1. The molecule has 0 aliphatic rings. The van der Waals surface area contributed by atoms with Crippen molar-refractivity contribution in [1.82, 2.24) is 4.98 Å². The van der Waals surface area contributed by atoms with Crippen LogP contribution in [0.5, 0.6) is 5.75 Å². The van der Waals surface area contributed by atoms with Gasteiger partial charge in [0.15, 0.2) is 5.13 Å². The van der Waals surface area contributed by atoms with Crippen LogP contribution in [0.4, 0.5) is 5.13 Å². The van der Waals surface area contributed by atoms with E-state index in [4.69, 9.17) is 15.3 Å². The molecule has 0 unspecified atom stereocenters. The van der Waals surface area contributed by atoms with Crippen molar-refractivity contribution in [3.63, 3.8) is 0 Å². The number of aromatic nitrogens is 1. The summed E-state index contributed by atoms with van der Waals surface area (Å²) in [4.78, 5) is 16.8. The van der Waals surface area contributed by atoms with E-state index in [9.17, 15) is 4.79 Å². The Hall–Kier alpha value is -2.90. The average Bonchev–Trinajstić information content (AvgIpc) is 2.96. The van der Waals surface area contributed by atoms with Gasteiger partial charge in [-0.2, -0.15) is 10.5 Å². The Morgan fingerprint density at radius 2 is 2.00 bits per heavy atom. The molecule has 0 aliphatic heterocycles. The van der Waals surface area contributed by atoms with Gasteiger partial charge in [0.05, 0.1) is 29.9 Å². The molecule has 1 N–H and O–H groups in total. The third-order valence-electron chi connectivity index (χ3n) is 2.85. The van der Waals surface area contributed by atoms with Gasteiger partial charge in [0.2, 0.25) is 5.91 Å². The number of nitrogens with one attached hydrogen (secondary N) is 1. The van der Waals surface area contributed by atoms with Crippen LogP contribution in [0.25, 0.3) is 0 Å². The molecule has 0 radical (unpaired) electrons. The lowest BCUT2D eigenvalue weighted by Gasteiger charge is -2.07. The first-order valence-electron chi connectivity index (χ1n) is 6.91. The molecular formula is C16H14N4O2S. The standard InChI is InChI=1S/C16H14N4O2S/c1-11-10-19-16(23-11)20-15(21)3-2-4-22-14-6-12(8-17)5-13(7-14)9-18/h5-7,10H,2-4H2,1H3,(H,19,20,21). The maximum absolute atomic E-state index is 11.7. The minimum absolute atomic E-state index is 0.119. The fourth-order valence-corrected chi connectivity index (χ4v) is 2.51. The van der Waals surface area contributed by atoms with E-state index in [0.717, 1.165) is 4.88 Å². The molecule has 0 aliphatic carbocycles. The molecule has 0 saturated carbocycles. The Labute approximate surface area is 138 Å². The fourth-order valence-electron chi connectivity index (χ4n) is 1.83. The first-order valence-corrected chi connectivity index (χ1v) is 7.72. The third kappa shape index (κ3) is 5.10. The number of hydrogen-bond donors (Lipinski definition) is 1. The van der Waals surface area contributed by atoms with E-state index in [2.05, 4.69) is 10.3 Å². The third-order valence-corrected chi connectivity index (χ3v) is 3.68. The molecule has 0 spiro atoms. The number of carbonyl (C=O) groups excluding carboxylic acids is 1. The second kappa shape index (κ2) is 7.92. The van der Waals surface area contributed by atoms with Gasteiger partial charge in [-0.15, -0.1) is 11.3 Å². The van der Waals surface area contributed by atoms with E-state index in [1.807, 2.05) is 19.1 Å². The lowest BCUT2D eigenvalue weighted by atomic mass is 10.1. The molecule has 1 heterocycles. The highest BCUT2D eigenvalue weighted by molar-refractivity contribution is 7.15. The largest absolute Gasteiger partial charge is 0.493 e. The summed E-state index contributed by atoms with van der Waals surface area (Å²) in [5.41, 5.74) is 0.742. The highest BCUT2D eigenvalue weighted by Gasteiger charge is 2.06. The van der Waals surface area contributed by atoms with Gasteiger partial charge in [0.25, 0.3) is 0 Å². The molecule has 23 heavy (non-hydrogen) atoms. The van der Waals surface area contributed by atoms with Gasteiger partial charge in [-0.1, -0.05) is 0 Å². The topological polar surface area (TPSA) is 98.8 Å². The van der Waals surface area contributed by atoms with Crippen molar-refractivity contribution in [2.75, 3.05) is 11.9 Å². The van der Waals surface area contributed by atoms with E-state index in [-0.39, 0.29) is 5.91 Å². The Balaban J connectivity index is 1.78. The van der Waals surface area contributed by atoms with Crippen molar-refractivity contribution in [2.45, 2.75) is 19.8 Å². The Kier molecular flexibility index (Phi) is 5.67. The summed E-state index contributed by atoms with van der Waals surface area (Å²) in [5.74, 6) is 0.336. The van der Waals surface area contributed by atoms with Crippen molar-refractivity contribution in [2.24, 2.45) is 0 Å². The normalized spacial score (nSPS) is 9.70. The summed E-state index contributed by atoms with van der Waals surface area (Å²) in [6, 6.07) is 8.59. The number of aryl methyl sites for hydroxylation is 1. The highest BCUT2D eigenvalue weighted by Crippen LogP contribution is 2.18. The zero-order valence-corrected chi connectivity index (χ0v) is 13.3. The van der Waals surface area contributed by atoms with Gasteiger partial charge in [0.1, 0.15) is 5.75 Å². The fraction of sp³-hybridized carbons (Fsp3) is 0.250. The van der Waals surface area contributed by atoms with E-state index in [1.54, 1.807) is 18.3 Å². The molecule has 1 amide bonds. The van der Waals surface area contributed by atoms with Gasteiger partial charge in [-0.05, 0) is 31.5 Å². The molecule has 0 fully saturated rings. The summed E-state index contributed by atoms with van der Waals surface area (Å²) >= 11 is 1.42. The number of benzene rings is 1. The Bertz CT molecular complexity index is 754. The molecule has 0 bridgehead atoms. The lowest BCUT2D eigenvalue weighted by Crippen LogP contribution is -2.12. The number of thiazole rings is 1. The molecule has 2 rings (SSSR count). The van der Waals surface area contributed by atoms with E-state index < -0.39 is 0 Å². The molecule has 2 aromatic rings. The van der Waals surface area contributed by atoms with Crippen LogP contribution in [0, 0.1) is 29.6 Å². The van der Waals surface area contributed by atoms with E-state index >= 15 is 0 Å². The summed E-state index contributed by atoms with van der Waals surface area (Å²) in [7, 11) is 0. The van der Waals surface area contributed by atoms with Gasteiger partial charge in [-0.3, -0.25) is 4.79 Å². The molecule has 1 aromatic heterocycles. The lowest BCUT2D eigenvalue weighted by molar-refractivity contribution is -0.116. The van der Waals surface area contributed by atoms with Gasteiger partial charge >= 0.3 is 0 Å². The quantitative estimate of drug-likeness (QED) is 0.823. The Morgan fingerprint density at radius 1 is 1.30 bits per heavy atom. The van der Waals surface area contributed by atoms with Crippen LogP contribution in [0.2, 0.25) is 0 Å². The van der Waals surface area contributed by atoms with Crippen molar-refractivity contribution < 1.29 is 9.53 Å². The van der Waals surface area contributed by atoms with E-state index in [1.165, 1.54) is 17.4 Å². The van der Waals surface area contributed by atoms with E-state index in [0.29, 0.717) is 41.5 Å². The monoisotopic (exact) mass is 326 g/mol. The van der Waals surface area contributed by atoms with Crippen LogP contribution < -0.4 is 10.1 Å². The summed E-state index contributed by atoms with van der Waals surface area (Å²) < 4.78 is 5.50. The van der Waals surface area contributed by atoms with Gasteiger partial charge in [0, 0.05) is 17.5 Å². The maximum atomic E-state index is 11.7. The Morgan fingerprint density at radius 3 is 2.57 bits per heavy atom. The molecule has 0 saturated heterocycles. The van der Waals surface area contributed by atoms with Crippen molar-refractivity contribution >= 4 is 22.4 Å². The maximum Gasteiger partial charge on any atom is 0.226 e. The van der Waals surface area contributed by atoms with Gasteiger partial charge < -0.3 is 10.1 Å². The smallest absolute Gasteiger partial charge is 0.226 e. The molecule has 116 valence electrons. The molecule has 0 atom stereocenters. The van der Waals surface area contributed by atoms with Crippen LogP contribution in [0.1, 0.15) is 28.8 Å². The molecule has 7 heteroatoms. The number of rotatable bonds is 6. The second-order valence-electron chi connectivity index (χ2n) is 4.75. The van der Waals surface area contributed by atoms with Crippen LogP contribution in [0.15, 0.2) is 24.4 Å². The molecule has 1 aromatic carbocycles. The summed E-state index contributed by atoms with van der Waals surface area (Å²) in [6.07, 6.45) is 2.54. The molecular weight excluding hydrogens is 312 g/mol. The molecule has 6 nitrogen and oxygen atoms in total. The van der Waals surface area contributed by atoms with Crippen LogP contribution in [0.3, 0.4) is 0 Å². The summed E-state index contributed by atoms with van der Waals surface area (Å²) in [6.45, 7) is 2.25. The highest BCUT2D eigenvalue weighted by atomic mass is 32.1. The van der Waals surface area contributed by atoms with Crippen molar-refractivity contribution in [3.05, 3.63) is 40.4 Å². The van der Waals surface area contributed by atoms with Crippen LogP contribution in [-0.2, 0) is 4.79 Å². The predicted molar refractivity (Wildman–Crippen MR) is 86.1 cm³/mol. The average molecular weight is 326 g/mol. The SMILES string of the molecule is Cc1cnc(NC(=O)CCCOc2cc(C#N)cc(C#N)c2)s1. The zero-order chi connectivity index (χ0) is 16.7. The van der Waals surface area contributed by atoms with Crippen LogP contribution >= 0.6 is 11.3 Å². The summed E-state index contributed by atoms with van der Waals surface area (Å²) in [5, 5.41) is 21.1. The van der Waals surface area contributed by atoms with Gasteiger partial charge in [-0.25, -0.2) is 4.98 Å². The minimum Gasteiger partial charge on any atom is -0.493 e. The first kappa shape index (κ1) is 16.5. The second-order valence-corrected chi connectivity index (χ2v) is 5.98. The number of hydrogen-bond acceptors (Lipinski definition) is 6. The number of anilines is 1. The predicted octanol–water partition coefficient (Wildman–Crippen LogP) is 2.99.